The van der Waals surface area contributed by atoms with Crippen LogP contribution in [0.1, 0.15) is 61.5 Å². The first-order valence-corrected chi connectivity index (χ1v) is 10.3. The van der Waals surface area contributed by atoms with Crippen molar-refractivity contribution >= 4 is 17.5 Å². The summed E-state index contributed by atoms with van der Waals surface area (Å²) in [6.07, 6.45) is 5.27. The van der Waals surface area contributed by atoms with Gasteiger partial charge in [0, 0.05) is 30.5 Å². The van der Waals surface area contributed by atoms with Gasteiger partial charge in [-0.2, -0.15) is 5.10 Å². The molecule has 1 atom stereocenters. The first kappa shape index (κ1) is 20.9. The van der Waals surface area contributed by atoms with Gasteiger partial charge < -0.3 is 15.0 Å². The van der Waals surface area contributed by atoms with Crippen LogP contribution < -0.4 is 10.1 Å². The van der Waals surface area contributed by atoms with E-state index in [4.69, 9.17) is 4.74 Å². The monoisotopic (exact) mass is 398 g/mol. The highest BCUT2D eigenvalue weighted by molar-refractivity contribution is 6.04. The molecule has 2 heterocycles. The fourth-order valence-electron chi connectivity index (χ4n) is 3.95. The lowest BCUT2D eigenvalue weighted by atomic mass is 9.92. The van der Waals surface area contributed by atoms with Crippen LogP contribution in [0.2, 0.25) is 0 Å². The van der Waals surface area contributed by atoms with Crippen molar-refractivity contribution < 1.29 is 14.3 Å². The SMILES string of the molecule is CCC(CC)C(=O)N1CCC[C@H](c2[nH]ncc2NC(=O)c2ccc(OC)cc2)C1. The molecule has 2 N–H and O–H groups in total. The average molecular weight is 399 g/mol. The van der Waals surface area contributed by atoms with E-state index in [-0.39, 0.29) is 23.7 Å². The van der Waals surface area contributed by atoms with E-state index in [1.165, 1.54) is 0 Å². The molecule has 1 fully saturated rings. The fraction of sp³-hybridized carbons (Fsp3) is 0.500. The molecule has 2 aromatic rings. The summed E-state index contributed by atoms with van der Waals surface area (Å²) in [5.74, 6) is 0.967. The number of benzene rings is 1. The predicted octanol–water partition coefficient (Wildman–Crippen LogP) is 3.81. The van der Waals surface area contributed by atoms with Crippen molar-refractivity contribution in [3.63, 3.8) is 0 Å². The number of carbonyl (C=O) groups excluding carboxylic acids is 2. The molecule has 1 aliphatic heterocycles. The molecule has 1 aromatic carbocycles. The molecule has 0 bridgehead atoms. The molecule has 1 aromatic heterocycles. The Hall–Kier alpha value is -2.83. The number of ether oxygens (including phenoxy) is 1. The lowest BCUT2D eigenvalue weighted by molar-refractivity contribution is -0.137. The van der Waals surface area contributed by atoms with Crippen LogP contribution in [0, 0.1) is 5.92 Å². The number of anilines is 1. The summed E-state index contributed by atoms with van der Waals surface area (Å²) in [7, 11) is 1.59. The molecule has 7 heteroatoms. The molecule has 2 amide bonds. The van der Waals surface area contributed by atoms with Crippen LogP contribution in [0.4, 0.5) is 5.69 Å². The van der Waals surface area contributed by atoms with E-state index in [0.29, 0.717) is 23.5 Å². The Morgan fingerprint density at radius 3 is 2.66 bits per heavy atom. The van der Waals surface area contributed by atoms with Crippen LogP contribution in [0.15, 0.2) is 30.5 Å². The Morgan fingerprint density at radius 2 is 2.00 bits per heavy atom. The summed E-state index contributed by atoms with van der Waals surface area (Å²) in [6.45, 7) is 5.58. The Bertz CT molecular complexity index is 827. The number of H-pyrrole nitrogens is 1. The summed E-state index contributed by atoms with van der Waals surface area (Å²) < 4.78 is 5.14. The van der Waals surface area contributed by atoms with Gasteiger partial charge in [0.25, 0.3) is 5.91 Å². The fourth-order valence-corrected chi connectivity index (χ4v) is 3.95. The molecule has 1 saturated heterocycles. The number of piperidine rings is 1. The second-order valence-corrected chi connectivity index (χ2v) is 7.52. The normalized spacial score (nSPS) is 16.7. The number of amides is 2. The number of likely N-dealkylation sites (tertiary alicyclic amines) is 1. The van der Waals surface area contributed by atoms with Crippen molar-refractivity contribution in [1.82, 2.24) is 15.1 Å². The standard InChI is InChI=1S/C22H30N4O3/c1-4-15(5-2)22(28)26-12-6-7-17(14-26)20-19(13-23-25-20)24-21(27)16-8-10-18(29-3)11-9-16/h8-11,13,15,17H,4-7,12,14H2,1-3H3,(H,23,25)(H,24,27)/t17-/m0/s1. The van der Waals surface area contributed by atoms with Crippen molar-refractivity contribution in [2.75, 3.05) is 25.5 Å². The Labute approximate surface area is 171 Å². The van der Waals surface area contributed by atoms with E-state index in [9.17, 15) is 9.59 Å². The summed E-state index contributed by atoms with van der Waals surface area (Å²) in [5.41, 5.74) is 2.11. The summed E-state index contributed by atoms with van der Waals surface area (Å²) in [5, 5.41) is 10.1. The maximum atomic E-state index is 12.8. The zero-order chi connectivity index (χ0) is 20.8. The summed E-state index contributed by atoms with van der Waals surface area (Å²) in [6, 6.07) is 6.97. The maximum Gasteiger partial charge on any atom is 0.255 e. The van der Waals surface area contributed by atoms with Crippen LogP contribution in [0.25, 0.3) is 0 Å². The number of aromatic nitrogens is 2. The van der Waals surface area contributed by atoms with Crippen molar-refractivity contribution in [3.05, 3.63) is 41.7 Å². The highest BCUT2D eigenvalue weighted by atomic mass is 16.5. The zero-order valence-corrected chi connectivity index (χ0v) is 17.4. The van der Waals surface area contributed by atoms with Crippen LogP contribution in [0.5, 0.6) is 5.75 Å². The third-order valence-corrected chi connectivity index (χ3v) is 5.75. The molecule has 0 radical (unpaired) electrons. The van der Waals surface area contributed by atoms with Crippen LogP contribution >= 0.6 is 0 Å². The molecule has 156 valence electrons. The summed E-state index contributed by atoms with van der Waals surface area (Å²) in [4.78, 5) is 27.4. The van der Waals surface area contributed by atoms with Crippen molar-refractivity contribution in [1.29, 1.82) is 0 Å². The van der Waals surface area contributed by atoms with Crippen molar-refractivity contribution in [2.24, 2.45) is 5.92 Å². The van der Waals surface area contributed by atoms with Gasteiger partial charge in [0.15, 0.2) is 0 Å². The van der Waals surface area contributed by atoms with Gasteiger partial charge in [0.05, 0.1) is 24.7 Å². The van der Waals surface area contributed by atoms with E-state index in [0.717, 1.165) is 37.9 Å². The number of aromatic amines is 1. The van der Waals surface area contributed by atoms with Gasteiger partial charge in [-0.1, -0.05) is 13.8 Å². The molecule has 0 aliphatic carbocycles. The molecule has 29 heavy (non-hydrogen) atoms. The minimum atomic E-state index is -0.198. The third-order valence-electron chi connectivity index (χ3n) is 5.75. The Balaban J connectivity index is 1.70. The van der Waals surface area contributed by atoms with E-state index >= 15 is 0 Å². The average Bonchev–Trinajstić information content (AvgIpc) is 3.22. The van der Waals surface area contributed by atoms with Crippen molar-refractivity contribution in [3.8, 4) is 5.75 Å². The lowest BCUT2D eigenvalue weighted by Crippen LogP contribution is -2.42. The third kappa shape index (κ3) is 4.78. The zero-order valence-electron chi connectivity index (χ0n) is 17.4. The molecular weight excluding hydrogens is 368 g/mol. The number of nitrogens with zero attached hydrogens (tertiary/aromatic N) is 2. The van der Waals surface area contributed by atoms with Crippen LogP contribution in [-0.2, 0) is 4.79 Å². The minimum absolute atomic E-state index is 0.0877. The van der Waals surface area contributed by atoms with Gasteiger partial charge >= 0.3 is 0 Å². The van der Waals surface area contributed by atoms with E-state index in [1.807, 2.05) is 4.90 Å². The second-order valence-electron chi connectivity index (χ2n) is 7.52. The van der Waals surface area contributed by atoms with Gasteiger partial charge in [-0.15, -0.1) is 0 Å². The molecular formula is C22H30N4O3. The smallest absolute Gasteiger partial charge is 0.255 e. The van der Waals surface area contributed by atoms with Crippen LogP contribution in [0.3, 0.4) is 0 Å². The van der Waals surface area contributed by atoms with Gasteiger partial charge in [0.2, 0.25) is 5.91 Å². The molecule has 3 rings (SSSR count). The molecule has 1 aliphatic rings. The van der Waals surface area contributed by atoms with Crippen LogP contribution in [-0.4, -0.2) is 47.1 Å². The largest absolute Gasteiger partial charge is 0.497 e. The first-order chi connectivity index (χ1) is 14.1. The predicted molar refractivity (Wildman–Crippen MR) is 112 cm³/mol. The quantitative estimate of drug-likeness (QED) is 0.742. The lowest BCUT2D eigenvalue weighted by Gasteiger charge is -2.34. The minimum Gasteiger partial charge on any atom is -0.497 e. The number of rotatable bonds is 7. The highest BCUT2D eigenvalue weighted by Gasteiger charge is 2.30. The highest BCUT2D eigenvalue weighted by Crippen LogP contribution is 2.31. The molecule has 0 spiro atoms. The Morgan fingerprint density at radius 1 is 1.28 bits per heavy atom. The first-order valence-electron chi connectivity index (χ1n) is 10.3. The number of methoxy groups -OCH3 is 1. The van der Waals surface area contributed by atoms with E-state index in [2.05, 4.69) is 29.4 Å². The second kappa shape index (κ2) is 9.58. The number of hydrogen-bond donors (Lipinski definition) is 2. The number of nitrogens with one attached hydrogen (secondary N) is 2. The van der Waals surface area contributed by atoms with Gasteiger partial charge in [-0.3, -0.25) is 14.7 Å². The maximum absolute atomic E-state index is 12.8. The topological polar surface area (TPSA) is 87.3 Å². The number of hydrogen-bond acceptors (Lipinski definition) is 4. The molecule has 7 nitrogen and oxygen atoms in total. The Kier molecular flexibility index (Phi) is 6.90. The van der Waals surface area contributed by atoms with Crippen molar-refractivity contribution in [2.45, 2.75) is 45.4 Å². The summed E-state index contributed by atoms with van der Waals surface area (Å²) >= 11 is 0. The van der Waals surface area contributed by atoms with Gasteiger partial charge in [0.1, 0.15) is 5.75 Å². The van der Waals surface area contributed by atoms with E-state index in [1.54, 1.807) is 37.6 Å². The number of carbonyl (C=O) groups is 2. The van der Waals surface area contributed by atoms with Gasteiger partial charge in [-0.05, 0) is 49.9 Å². The van der Waals surface area contributed by atoms with E-state index < -0.39 is 0 Å². The molecule has 0 saturated carbocycles. The van der Waals surface area contributed by atoms with Gasteiger partial charge in [-0.25, -0.2) is 0 Å². The molecule has 0 unspecified atom stereocenters.